The van der Waals surface area contributed by atoms with Gasteiger partial charge in [-0.1, -0.05) is 28.1 Å². The van der Waals surface area contributed by atoms with Crippen LogP contribution in [0, 0.1) is 0 Å². The molecule has 0 aliphatic heterocycles. The van der Waals surface area contributed by atoms with Gasteiger partial charge in [-0.05, 0) is 19.1 Å². The first-order valence-electron chi connectivity index (χ1n) is 4.73. The molecular formula is C11H11BrN2O. The first-order chi connectivity index (χ1) is 7.22. The van der Waals surface area contributed by atoms with Crippen LogP contribution in [0.5, 0.6) is 5.75 Å². The van der Waals surface area contributed by atoms with Crippen molar-refractivity contribution < 1.29 is 5.11 Å². The van der Waals surface area contributed by atoms with E-state index in [1.807, 2.05) is 31.2 Å². The summed E-state index contributed by atoms with van der Waals surface area (Å²) in [6.45, 7) is 2.74. The van der Waals surface area contributed by atoms with Gasteiger partial charge in [-0.2, -0.15) is 5.10 Å². The summed E-state index contributed by atoms with van der Waals surface area (Å²) in [5.41, 5.74) is 1.74. The van der Waals surface area contributed by atoms with Gasteiger partial charge in [-0.25, -0.2) is 0 Å². The molecule has 3 nitrogen and oxygen atoms in total. The largest absolute Gasteiger partial charge is 0.504 e. The normalized spacial score (nSPS) is 10.5. The summed E-state index contributed by atoms with van der Waals surface area (Å²) in [7, 11) is 0. The van der Waals surface area contributed by atoms with Crippen molar-refractivity contribution >= 4 is 15.9 Å². The van der Waals surface area contributed by atoms with Gasteiger partial charge in [0.1, 0.15) is 5.69 Å². The Labute approximate surface area is 96.5 Å². The van der Waals surface area contributed by atoms with Gasteiger partial charge in [0.25, 0.3) is 0 Å². The van der Waals surface area contributed by atoms with Crippen LogP contribution in [0.1, 0.15) is 6.92 Å². The number of rotatable bonds is 2. The molecule has 15 heavy (non-hydrogen) atoms. The monoisotopic (exact) mass is 266 g/mol. The van der Waals surface area contributed by atoms with Crippen molar-refractivity contribution in [2.75, 3.05) is 0 Å². The van der Waals surface area contributed by atoms with E-state index in [2.05, 4.69) is 21.0 Å². The summed E-state index contributed by atoms with van der Waals surface area (Å²) in [5, 5.41) is 13.8. The van der Waals surface area contributed by atoms with E-state index in [9.17, 15) is 5.11 Å². The minimum atomic E-state index is 0.221. The molecule has 2 aromatic rings. The van der Waals surface area contributed by atoms with Gasteiger partial charge in [0, 0.05) is 16.6 Å². The summed E-state index contributed by atoms with van der Waals surface area (Å²) in [6, 6.07) is 7.80. The van der Waals surface area contributed by atoms with Crippen LogP contribution in [0.3, 0.4) is 0 Å². The number of hydrogen-bond donors (Lipinski definition) is 1. The van der Waals surface area contributed by atoms with Crippen LogP contribution >= 0.6 is 15.9 Å². The molecule has 0 bridgehead atoms. The van der Waals surface area contributed by atoms with E-state index in [0.717, 1.165) is 22.3 Å². The van der Waals surface area contributed by atoms with Crippen LogP contribution in [0.4, 0.5) is 0 Å². The Balaban J connectivity index is 2.52. The lowest BCUT2D eigenvalue weighted by Gasteiger charge is -2.05. The molecule has 1 N–H and O–H groups in total. The van der Waals surface area contributed by atoms with Gasteiger partial charge in [0.2, 0.25) is 0 Å². The average molecular weight is 267 g/mol. The molecule has 2 rings (SSSR count). The predicted octanol–water partition coefficient (Wildman–Crippen LogP) is 3.04. The number of aromatic hydroxyl groups is 1. The minimum Gasteiger partial charge on any atom is -0.504 e. The Morgan fingerprint density at radius 2 is 2.00 bits per heavy atom. The molecule has 0 saturated carbocycles. The van der Waals surface area contributed by atoms with Crippen molar-refractivity contribution in [2.24, 2.45) is 0 Å². The minimum absolute atomic E-state index is 0.221. The van der Waals surface area contributed by atoms with Gasteiger partial charge >= 0.3 is 0 Å². The first-order valence-corrected chi connectivity index (χ1v) is 5.52. The summed E-state index contributed by atoms with van der Waals surface area (Å²) in [4.78, 5) is 0. The molecule has 78 valence electrons. The van der Waals surface area contributed by atoms with Crippen molar-refractivity contribution in [1.29, 1.82) is 0 Å². The molecule has 0 amide bonds. The molecule has 0 spiro atoms. The number of benzene rings is 1. The highest BCUT2D eigenvalue weighted by Gasteiger charge is 2.10. The fourth-order valence-corrected chi connectivity index (χ4v) is 1.78. The van der Waals surface area contributed by atoms with Crippen LogP contribution < -0.4 is 0 Å². The topological polar surface area (TPSA) is 38.0 Å². The van der Waals surface area contributed by atoms with E-state index in [4.69, 9.17) is 0 Å². The third kappa shape index (κ3) is 1.90. The van der Waals surface area contributed by atoms with E-state index in [0.29, 0.717) is 0 Å². The third-order valence-corrected chi connectivity index (χ3v) is 2.77. The maximum absolute atomic E-state index is 9.69. The molecule has 0 atom stereocenters. The van der Waals surface area contributed by atoms with E-state index >= 15 is 0 Å². The number of aromatic nitrogens is 2. The van der Waals surface area contributed by atoms with Crippen molar-refractivity contribution in [3.05, 3.63) is 34.9 Å². The van der Waals surface area contributed by atoms with E-state index in [-0.39, 0.29) is 5.75 Å². The maximum atomic E-state index is 9.69. The first kappa shape index (κ1) is 10.2. The second kappa shape index (κ2) is 4.06. The van der Waals surface area contributed by atoms with Crippen molar-refractivity contribution in [2.45, 2.75) is 13.5 Å². The molecule has 1 aromatic carbocycles. The molecule has 1 heterocycles. The van der Waals surface area contributed by atoms with Gasteiger partial charge in [0.05, 0.1) is 6.20 Å². The molecule has 4 heteroatoms. The maximum Gasteiger partial charge on any atom is 0.161 e. The highest BCUT2D eigenvalue weighted by Crippen LogP contribution is 2.29. The standard InChI is InChI=1S/C11H11BrN2O/c1-2-14-11(10(15)7-13-14)8-3-5-9(12)6-4-8/h3-7,15H,2H2,1H3. The highest BCUT2D eigenvalue weighted by atomic mass is 79.9. The fraction of sp³-hybridized carbons (Fsp3) is 0.182. The quantitative estimate of drug-likeness (QED) is 0.908. The second-order valence-electron chi connectivity index (χ2n) is 3.20. The number of nitrogens with zero attached hydrogens (tertiary/aromatic N) is 2. The number of hydrogen-bond acceptors (Lipinski definition) is 2. The summed E-state index contributed by atoms with van der Waals surface area (Å²) in [5.74, 6) is 0.221. The Kier molecular flexibility index (Phi) is 2.77. The van der Waals surface area contributed by atoms with Crippen LogP contribution in [-0.4, -0.2) is 14.9 Å². The van der Waals surface area contributed by atoms with Crippen LogP contribution in [0.25, 0.3) is 11.3 Å². The zero-order valence-corrected chi connectivity index (χ0v) is 9.90. The number of aryl methyl sites for hydroxylation is 1. The Bertz CT molecular complexity index is 462. The van der Waals surface area contributed by atoms with Gasteiger partial charge in [-0.3, -0.25) is 4.68 Å². The summed E-state index contributed by atoms with van der Waals surface area (Å²) >= 11 is 3.38. The van der Waals surface area contributed by atoms with Gasteiger partial charge in [0.15, 0.2) is 5.75 Å². The summed E-state index contributed by atoms with van der Waals surface area (Å²) < 4.78 is 2.80. The molecular weight excluding hydrogens is 256 g/mol. The van der Waals surface area contributed by atoms with Crippen LogP contribution in [0.2, 0.25) is 0 Å². The zero-order chi connectivity index (χ0) is 10.8. The molecule has 0 radical (unpaired) electrons. The highest BCUT2D eigenvalue weighted by molar-refractivity contribution is 9.10. The Morgan fingerprint density at radius 3 is 2.60 bits per heavy atom. The molecule has 0 saturated heterocycles. The van der Waals surface area contributed by atoms with Crippen LogP contribution in [-0.2, 0) is 6.54 Å². The molecule has 0 fully saturated rings. The van der Waals surface area contributed by atoms with E-state index in [1.54, 1.807) is 4.68 Å². The molecule has 0 aliphatic carbocycles. The smallest absolute Gasteiger partial charge is 0.161 e. The predicted molar refractivity (Wildman–Crippen MR) is 62.7 cm³/mol. The zero-order valence-electron chi connectivity index (χ0n) is 8.31. The van der Waals surface area contributed by atoms with E-state index < -0.39 is 0 Å². The molecule has 0 unspecified atom stereocenters. The van der Waals surface area contributed by atoms with Crippen molar-refractivity contribution in [1.82, 2.24) is 9.78 Å². The van der Waals surface area contributed by atoms with Crippen LogP contribution in [0.15, 0.2) is 34.9 Å². The number of halogens is 1. The molecule has 1 aromatic heterocycles. The second-order valence-corrected chi connectivity index (χ2v) is 4.12. The average Bonchev–Trinajstić information content (AvgIpc) is 2.61. The lowest BCUT2D eigenvalue weighted by molar-refractivity contribution is 0.476. The van der Waals surface area contributed by atoms with Crippen molar-refractivity contribution in [3.63, 3.8) is 0 Å². The SMILES string of the molecule is CCn1ncc(O)c1-c1ccc(Br)cc1. The lowest BCUT2D eigenvalue weighted by Crippen LogP contribution is -1.98. The summed E-state index contributed by atoms with van der Waals surface area (Å²) in [6.07, 6.45) is 1.47. The Hall–Kier alpha value is -1.29. The van der Waals surface area contributed by atoms with E-state index in [1.165, 1.54) is 6.20 Å². The molecule has 0 aliphatic rings. The van der Waals surface area contributed by atoms with Gasteiger partial charge in [-0.15, -0.1) is 0 Å². The van der Waals surface area contributed by atoms with Crippen molar-refractivity contribution in [3.8, 4) is 17.0 Å². The Morgan fingerprint density at radius 1 is 1.33 bits per heavy atom. The fourth-order valence-electron chi connectivity index (χ4n) is 1.52. The lowest BCUT2D eigenvalue weighted by atomic mass is 10.1. The third-order valence-electron chi connectivity index (χ3n) is 2.24. The van der Waals surface area contributed by atoms with Gasteiger partial charge < -0.3 is 5.11 Å².